The molecule has 1 fully saturated rings. The second-order valence-corrected chi connectivity index (χ2v) is 8.44. The van der Waals surface area contributed by atoms with Gasteiger partial charge in [0, 0.05) is 10.6 Å². The van der Waals surface area contributed by atoms with Crippen molar-refractivity contribution in [3.8, 4) is 10.6 Å². The number of alkyl halides is 3. The normalized spacial score (nSPS) is 16.1. The highest BCUT2D eigenvalue weighted by Gasteiger charge is 2.33. The molecule has 9 heteroatoms. The largest absolute Gasteiger partial charge is 0.417 e. The molecule has 0 radical (unpaired) electrons. The number of nitrogen functional groups attached to an aromatic ring is 1. The Kier molecular flexibility index (Phi) is 4.23. The molecule has 4 aromatic rings. The van der Waals surface area contributed by atoms with Crippen molar-refractivity contribution in [3.05, 3.63) is 42.0 Å². The van der Waals surface area contributed by atoms with E-state index >= 15 is 0 Å². The Balaban J connectivity index is 1.73. The highest BCUT2D eigenvalue weighted by atomic mass is 32.1. The van der Waals surface area contributed by atoms with Crippen LogP contribution in [-0.2, 0) is 6.18 Å². The number of thiophene rings is 1. The van der Waals surface area contributed by atoms with Crippen LogP contribution in [0.3, 0.4) is 0 Å². The fraction of sp³-hybridized carbons (Fsp3) is 0.350. The van der Waals surface area contributed by atoms with Gasteiger partial charge >= 0.3 is 6.18 Å². The number of anilines is 1. The monoisotopic (exact) mass is 417 g/mol. The molecule has 0 atom stereocenters. The zero-order chi connectivity index (χ0) is 20.2. The van der Waals surface area contributed by atoms with E-state index in [9.17, 15) is 13.2 Å². The van der Waals surface area contributed by atoms with Gasteiger partial charge in [-0.1, -0.05) is 31.4 Å². The first-order valence-corrected chi connectivity index (χ1v) is 10.3. The molecule has 5 nitrogen and oxygen atoms in total. The zero-order valence-corrected chi connectivity index (χ0v) is 16.2. The summed E-state index contributed by atoms with van der Waals surface area (Å²) in [6, 6.07) is 5.97. The lowest BCUT2D eigenvalue weighted by atomic mass is 9.89. The summed E-state index contributed by atoms with van der Waals surface area (Å²) < 4.78 is 42.2. The third-order valence-electron chi connectivity index (χ3n) is 5.54. The maximum Gasteiger partial charge on any atom is 0.417 e. The highest BCUT2D eigenvalue weighted by molar-refractivity contribution is 7.22. The molecule has 29 heavy (non-hydrogen) atoms. The molecule has 0 unspecified atom stereocenters. The van der Waals surface area contributed by atoms with E-state index in [0.29, 0.717) is 21.5 Å². The smallest absolute Gasteiger partial charge is 0.382 e. The molecule has 0 saturated heterocycles. The van der Waals surface area contributed by atoms with Gasteiger partial charge in [-0.3, -0.25) is 0 Å². The number of halogens is 3. The minimum absolute atomic E-state index is 0.200. The topological polar surface area (TPSA) is 69.1 Å². The summed E-state index contributed by atoms with van der Waals surface area (Å²) in [6.45, 7) is 0. The third kappa shape index (κ3) is 3.04. The molecule has 0 aliphatic heterocycles. The third-order valence-corrected chi connectivity index (χ3v) is 6.73. The van der Waals surface area contributed by atoms with Crippen LogP contribution in [0.15, 0.2) is 30.6 Å². The summed E-state index contributed by atoms with van der Waals surface area (Å²) in [5.74, 6) is 1.36. The van der Waals surface area contributed by atoms with Crippen molar-refractivity contribution >= 4 is 32.8 Å². The van der Waals surface area contributed by atoms with E-state index in [1.807, 2.05) is 0 Å². The van der Waals surface area contributed by atoms with Crippen molar-refractivity contribution in [2.45, 2.75) is 44.2 Å². The van der Waals surface area contributed by atoms with Crippen LogP contribution in [-0.4, -0.2) is 19.6 Å². The van der Waals surface area contributed by atoms with Gasteiger partial charge in [0.05, 0.1) is 10.4 Å². The predicted octanol–water partition coefficient (Wildman–Crippen LogP) is 5.65. The van der Waals surface area contributed by atoms with E-state index < -0.39 is 11.7 Å². The average molecular weight is 417 g/mol. The van der Waals surface area contributed by atoms with Crippen molar-refractivity contribution in [2.75, 3.05) is 5.73 Å². The minimum atomic E-state index is -4.41. The van der Waals surface area contributed by atoms with Crippen LogP contribution in [0.1, 0.15) is 49.4 Å². The van der Waals surface area contributed by atoms with Gasteiger partial charge in [0.25, 0.3) is 0 Å². The van der Waals surface area contributed by atoms with E-state index in [4.69, 9.17) is 10.7 Å². The number of aromatic nitrogens is 4. The standard InChI is InChI=1S/C20H18F3N5S/c21-20(22,23)13-8-4-7-12-9-14(29-17(12)13)15-16-18(24)25-10-26-28(16)19(27-15)11-5-2-1-3-6-11/h4,7-11H,1-3,5-6H2,(H2,24,25,26). The molecular formula is C20H18F3N5S. The number of fused-ring (bicyclic) bond motifs is 2. The quantitative estimate of drug-likeness (QED) is 0.457. The molecule has 3 aromatic heterocycles. The van der Waals surface area contributed by atoms with Crippen LogP contribution < -0.4 is 5.73 Å². The molecule has 1 saturated carbocycles. The van der Waals surface area contributed by atoms with Gasteiger partial charge in [-0.05, 0) is 30.4 Å². The average Bonchev–Trinajstić information content (AvgIpc) is 3.30. The maximum atomic E-state index is 13.4. The second-order valence-electron chi connectivity index (χ2n) is 7.39. The van der Waals surface area contributed by atoms with Crippen molar-refractivity contribution in [2.24, 2.45) is 0 Å². The Morgan fingerprint density at radius 3 is 2.69 bits per heavy atom. The summed E-state index contributed by atoms with van der Waals surface area (Å²) in [6.07, 6.45) is 2.50. The fourth-order valence-electron chi connectivity index (χ4n) is 4.18. The number of benzene rings is 1. The molecule has 150 valence electrons. The van der Waals surface area contributed by atoms with Gasteiger partial charge in [0.2, 0.25) is 0 Å². The number of nitrogens with two attached hydrogens (primary N) is 1. The summed E-state index contributed by atoms with van der Waals surface area (Å²) in [7, 11) is 0. The summed E-state index contributed by atoms with van der Waals surface area (Å²) in [5.41, 5.74) is 6.63. The molecule has 1 aliphatic rings. The number of nitrogens with zero attached hydrogens (tertiary/aromatic N) is 4. The van der Waals surface area contributed by atoms with Crippen molar-refractivity contribution < 1.29 is 13.2 Å². The van der Waals surface area contributed by atoms with Crippen LogP contribution in [0, 0.1) is 0 Å². The summed E-state index contributed by atoms with van der Waals surface area (Å²) >= 11 is 1.08. The molecule has 0 bridgehead atoms. The van der Waals surface area contributed by atoms with E-state index in [1.54, 1.807) is 16.6 Å². The van der Waals surface area contributed by atoms with Gasteiger partial charge in [0.1, 0.15) is 23.4 Å². The number of rotatable bonds is 2. The van der Waals surface area contributed by atoms with Crippen LogP contribution in [0.2, 0.25) is 0 Å². The van der Waals surface area contributed by atoms with Crippen LogP contribution >= 0.6 is 11.3 Å². The van der Waals surface area contributed by atoms with Crippen molar-refractivity contribution in [1.29, 1.82) is 0 Å². The number of hydrogen-bond acceptors (Lipinski definition) is 5. The van der Waals surface area contributed by atoms with Crippen molar-refractivity contribution in [3.63, 3.8) is 0 Å². The van der Waals surface area contributed by atoms with Gasteiger partial charge < -0.3 is 5.73 Å². The van der Waals surface area contributed by atoms with Gasteiger partial charge in [0.15, 0.2) is 5.82 Å². The Morgan fingerprint density at radius 2 is 1.93 bits per heavy atom. The first-order valence-electron chi connectivity index (χ1n) is 9.52. The lowest BCUT2D eigenvalue weighted by Crippen LogP contribution is -2.10. The predicted molar refractivity (Wildman–Crippen MR) is 107 cm³/mol. The molecule has 5 rings (SSSR count). The Morgan fingerprint density at radius 1 is 1.14 bits per heavy atom. The highest BCUT2D eigenvalue weighted by Crippen LogP contribution is 2.43. The Labute approximate surface area is 168 Å². The van der Waals surface area contributed by atoms with E-state index in [2.05, 4.69) is 10.1 Å². The van der Waals surface area contributed by atoms with Crippen LogP contribution in [0.5, 0.6) is 0 Å². The molecule has 1 aliphatic carbocycles. The van der Waals surface area contributed by atoms with E-state index in [1.165, 1.54) is 18.8 Å². The number of hydrogen-bond donors (Lipinski definition) is 1. The van der Waals surface area contributed by atoms with Gasteiger partial charge in [-0.15, -0.1) is 11.3 Å². The van der Waals surface area contributed by atoms with Gasteiger partial charge in [-0.25, -0.2) is 14.5 Å². The van der Waals surface area contributed by atoms with Gasteiger partial charge in [-0.2, -0.15) is 18.3 Å². The van der Waals surface area contributed by atoms with Crippen LogP contribution in [0.25, 0.3) is 26.2 Å². The zero-order valence-electron chi connectivity index (χ0n) is 15.4. The fourth-order valence-corrected chi connectivity index (χ4v) is 5.36. The molecular weight excluding hydrogens is 399 g/mol. The second kappa shape index (κ2) is 6.69. The summed E-state index contributed by atoms with van der Waals surface area (Å²) in [4.78, 5) is 9.57. The molecule has 2 N–H and O–H groups in total. The first-order chi connectivity index (χ1) is 13.9. The maximum absolute atomic E-state index is 13.4. The Hall–Kier alpha value is -2.68. The van der Waals surface area contributed by atoms with Crippen molar-refractivity contribution in [1.82, 2.24) is 19.6 Å². The molecule has 3 heterocycles. The SMILES string of the molecule is Nc1ncnn2c(C3CCCCC3)nc(-c3cc4cccc(C(F)(F)F)c4s3)c12. The summed E-state index contributed by atoms with van der Waals surface area (Å²) in [5, 5.41) is 4.90. The van der Waals surface area contributed by atoms with E-state index in [-0.39, 0.29) is 16.4 Å². The van der Waals surface area contributed by atoms with E-state index in [0.717, 1.165) is 48.9 Å². The molecule has 0 spiro atoms. The minimum Gasteiger partial charge on any atom is -0.382 e. The number of imidazole rings is 1. The van der Waals surface area contributed by atoms with Crippen LogP contribution in [0.4, 0.5) is 19.0 Å². The molecule has 0 amide bonds. The molecule has 1 aromatic carbocycles. The lowest BCUT2D eigenvalue weighted by molar-refractivity contribution is -0.136. The first kappa shape index (κ1) is 18.4. The Bertz CT molecular complexity index is 1200. The lowest BCUT2D eigenvalue weighted by Gasteiger charge is -2.19.